The molecule has 1 unspecified atom stereocenters. The quantitative estimate of drug-likeness (QED) is 0.363. The number of imidazole rings is 2. The lowest BCUT2D eigenvalue weighted by Gasteiger charge is -2.29. The SMILES string of the molecule is CC(Nc1[nH]c(=O)n(-c2ccc3nc[nH]c3c2)c1-c1c(F)ccc(Cl)c1F)C(C)(C)C. The lowest BCUT2D eigenvalue weighted by Crippen LogP contribution is -2.31. The highest BCUT2D eigenvalue weighted by Crippen LogP contribution is 2.36. The van der Waals surface area contributed by atoms with Crippen molar-refractivity contribution in [2.45, 2.75) is 33.7 Å². The molecule has 0 amide bonds. The Labute approximate surface area is 182 Å². The predicted molar refractivity (Wildman–Crippen MR) is 119 cm³/mol. The maximum Gasteiger partial charge on any atom is 0.332 e. The Morgan fingerprint density at radius 3 is 2.65 bits per heavy atom. The van der Waals surface area contributed by atoms with Gasteiger partial charge in [0, 0.05) is 6.04 Å². The molecule has 4 aromatic rings. The van der Waals surface area contributed by atoms with Crippen LogP contribution in [-0.4, -0.2) is 25.6 Å². The fourth-order valence-corrected chi connectivity index (χ4v) is 3.42. The van der Waals surface area contributed by atoms with Crippen LogP contribution >= 0.6 is 11.6 Å². The van der Waals surface area contributed by atoms with Crippen LogP contribution in [0, 0.1) is 17.0 Å². The number of rotatable bonds is 4. The zero-order valence-electron chi connectivity index (χ0n) is 17.5. The summed E-state index contributed by atoms with van der Waals surface area (Å²) in [5.41, 5.74) is 0.710. The van der Waals surface area contributed by atoms with Gasteiger partial charge in [-0.05, 0) is 42.7 Å². The van der Waals surface area contributed by atoms with E-state index in [4.69, 9.17) is 11.6 Å². The largest absolute Gasteiger partial charge is 0.367 e. The van der Waals surface area contributed by atoms with E-state index in [0.717, 1.165) is 12.1 Å². The average molecular weight is 446 g/mol. The van der Waals surface area contributed by atoms with E-state index in [-0.39, 0.29) is 33.6 Å². The van der Waals surface area contributed by atoms with Gasteiger partial charge in [0.2, 0.25) is 0 Å². The third-order valence-electron chi connectivity index (χ3n) is 5.50. The Morgan fingerprint density at radius 2 is 1.94 bits per heavy atom. The maximum atomic E-state index is 15.1. The highest BCUT2D eigenvalue weighted by atomic mass is 35.5. The van der Waals surface area contributed by atoms with Crippen molar-refractivity contribution in [3.05, 3.63) is 63.8 Å². The van der Waals surface area contributed by atoms with Crippen LogP contribution in [0.25, 0.3) is 28.0 Å². The highest BCUT2D eigenvalue weighted by molar-refractivity contribution is 6.31. The molecule has 31 heavy (non-hydrogen) atoms. The van der Waals surface area contributed by atoms with Crippen LogP contribution in [0.15, 0.2) is 41.5 Å². The molecular formula is C22H22ClF2N5O. The molecular weight excluding hydrogens is 424 g/mol. The van der Waals surface area contributed by atoms with Gasteiger partial charge >= 0.3 is 5.69 Å². The van der Waals surface area contributed by atoms with Crippen LogP contribution in [0.3, 0.4) is 0 Å². The average Bonchev–Trinajstić information content (AvgIpc) is 3.28. The molecule has 0 spiro atoms. The van der Waals surface area contributed by atoms with E-state index in [1.807, 2.05) is 27.7 Å². The third-order valence-corrected chi connectivity index (χ3v) is 5.79. The number of H-pyrrole nitrogens is 2. The number of benzene rings is 2. The smallest absolute Gasteiger partial charge is 0.332 e. The van der Waals surface area contributed by atoms with Crippen molar-refractivity contribution in [3.63, 3.8) is 0 Å². The fourth-order valence-electron chi connectivity index (χ4n) is 3.26. The van der Waals surface area contributed by atoms with E-state index in [2.05, 4.69) is 20.3 Å². The summed E-state index contributed by atoms with van der Waals surface area (Å²) in [5, 5.41) is 2.97. The second-order valence-electron chi connectivity index (χ2n) is 8.54. The van der Waals surface area contributed by atoms with Crippen LogP contribution in [-0.2, 0) is 0 Å². The zero-order valence-corrected chi connectivity index (χ0v) is 18.2. The monoisotopic (exact) mass is 445 g/mol. The number of halogens is 3. The van der Waals surface area contributed by atoms with Crippen LogP contribution in [0.5, 0.6) is 0 Å². The molecule has 2 aromatic heterocycles. The van der Waals surface area contributed by atoms with Crippen molar-refractivity contribution in [3.8, 4) is 16.9 Å². The van der Waals surface area contributed by atoms with Gasteiger partial charge in [-0.2, -0.15) is 0 Å². The standard InChI is InChI=1S/C22H22ClF2N5O/c1-11(22(2,3)4)28-20-19(17-14(24)7-6-13(23)18(17)25)30(21(31)29-20)12-5-8-15-16(9-12)27-10-26-15/h5-11,28H,1-4H3,(H,26,27)(H,29,31). The number of anilines is 1. The molecule has 0 aliphatic heterocycles. The Balaban J connectivity index is 2.02. The number of aromatic amines is 2. The van der Waals surface area contributed by atoms with Gasteiger partial charge in [0.05, 0.1) is 33.6 Å². The Kier molecular flexibility index (Phi) is 5.13. The molecule has 9 heteroatoms. The molecule has 2 heterocycles. The normalized spacial score (nSPS) is 13.0. The minimum Gasteiger partial charge on any atom is -0.367 e. The van der Waals surface area contributed by atoms with Gasteiger partial charge in [-0.3, -0.25) is 9.55 Å². The van der Waals surface area contributed by atoms with Crippen molar-refractivity contribution in [2.75, 3.05) is 5.32 Å². The maximum absolute atomic E-state index is 15.1. The molecule has 0 aliphatic rings. The van der Waals surface area contributed by atoms with Crippen molar-refractivity contribution < 1.29 is 8.78 Å². The molecule has 2 aromatic carbocycles. The second kappa shape index (κ2) is 7.53. The van der Waals surface area contributed by atoms with E-state index < -0.39 is 17.3 Å². The van der Waals surface area contributed by atoms with Gasteiger partial charge < -0.3 is 10.3 Å². The van der Waals surface area contributed by atoms with Gasteiger partial charge in [0.25, 0.3) is 0 Å². The van der Waals surface area contributed by atoms with E-state index in [0.29, 0.717) is 16.7 Å². The van der Waals surface area contributed by atoms with E-state index >= 15 is 4.39 Å². The molecule has 6 nitrogen and oxygen atoms in total. The lowest BCUT2D eigenvalue weighted by molar-refractivity contribution is 0.359. The van der Waals surface area contributed by atoms with Crippen LogP contribution in [0.1, 0.15) is 27.7 Å². The second-order valence-corrected chi connectivity index (χ2v) is 8.95. The van der Waals surface area contributed by atoms with Gasteiger partial charge in [-0.1, -0.05) is 32.4 Å². The molecule has 3 N–H and O–H groups in total. The predicted octanol–water partition coefficient (Wildman–Crippen LogP) is 5.49. The number of aromatic nitrogens is 4. The molecule has 0 saturated carbocycles. The van der Waals surface area contributed by atoms with Gasteiger partial charge in [0.15, 0.2) is 5.82 Å². The summed E-state index contributed by atoms with van der Waals surface area (Å²) in [6.45, 7) is 7.99. The summed E-state index contributed by atoms with van der Waals surface area (Å²) in [4.78, 5) is 22.9. The first-order valence-corrected chi connectivity index (χ1v) is 10.1. The van der Waals surface area contributed by atoms with Crippen molar-refractivity contribution >= 4 is 28.5 Å². The first kappa shape index (κ1) is 21.1. The third kappa shape index (κ3) is 3.72. The summed E-state index contributed by atoms with van der Waals surface area (Å²) in [5.74, 6) is -1.57. The molecule has 162 valence electrons. The lowest BCUT2D eigenvalue weighted by atomic mass is 9.88. The van der Waals surface area contributed by atoms with Crippen molar-refractivity contribution in [1.29, 1.82) is 0 Å². The summed E-state index contributed by atoms with van der Waals surface area (Å²) in [6, 6.07) is 7.18. The minimum atomic E-state index is -0.941. The number of nitrogens with zero attached hydrogens (tertiary/aromatic N) is 2. The van der Waals surface area contributed by atoms with E-state index in [1.54, 1.807) is 18.2 Å². The number of nitrogens with one attached hydrogen (secondary N) is 3. The summed E-state index contributed by atoms with van der Waals surface area (Å²) in [7, 11) is 0. The summed E-state index contributed by atoms with van der Waals surface area (Å²) >= 11 is 5.96. The number of hydrogen-bond donors (Lipinski definition) is 3. The van der Waals surface area contributed by atoms with E-state index in [1.165, 1.54) is 10.9 Å². The van der Waals surface area contributed by atoms with Crippen molar-refractivity contribution in [2.24, 2.45) is 5.41 Å². The number of hydrogen-bond acceptors (Lipinski definition) is 3. The summed E-state index contributed by atoms with van der Waals surface area (Å²) < 4.78 is 31.2. The fraction of sp³-hybridized carbons (Fsp3) is 0.273. The molecule has 0 fully saturated rings. The molecule has 0 radical (unpaired) electrons. The Bertz CT molecular complexity index is 1330. The van der Waals surface area contributed by atoms with Crippen molar-refractivity contribution in [1.82, 2.24) is 19.5 Å². The van der Waals surface area contributed by atoms with Gasteiger partial charge in [-0.15, -0.1) is 0 Å². The number of fused-ring (bicyclic) bond motifs is 1. The first-order chi connectivity index (χ1) is 14.6. The molecule has 0 bridgehead atoms. The Morgan fingerprint density at radius 1 is 1.19 bits per heavy atom. The van der Waals surface area contributed by atoms with Crippen LogP contribution < -0.4 is 11.0 Å². The minimum absolute atomic E-state index is 0.0254. The summed E-state index contributed by atoms with van der Waals surface area (Å²) in [6.07, 6.45) is 1.53. The van der Waals surface area contributed by atoms with Crippen LogP contribution in [0.2, 0.25) is 5.02 Å². The molecule has 1 atom stereocenters. The highest BCUT2D eigenvalue weighted by Gasteiger charge is 2.28. The molecule has 4 rings (SSSR count). The zero-order chi connectivity index (χ0) is 22.5. The van der Waals surface area contributed by atoms with Gasteiger partial charge in [0.1, 0.15) is 17.3 Å². The molecule has 0 saturated heterocycles. The molecule has 0 aliphatic carbocycles. The van der Waals surface area contributed by atoms with Gasteiger partial charge in [-0.25, -0.2) is 18.6 Å². The Hall–Kier alpha value is -3.13. The van der Waals surface area contributed by atoms with E-state index in [9.17, 15) is 9.18 Å². The van der Waals surface area contributed by atoms with Crippen LogP contribution in [0.4, 0.5) is 14.6 Å². The topological polar surface area (TPSA) is 78.5 Å². The first-order valence-electron chi connectivity index (χ1n) is 9.77.